The van der Waals surface area contributed by atoms with Crippen molar-refractivity contribution in [3.8, 4) is 5.75 Å². The minimum atomic E-state index is 0.0634. The van der Waals surface area contributed by atoms with Crippen LogP contribution in [-0.4, -0.2) is 39.3 Å². The van der Waals surface area contributed by atoms with Gasteiger partial charge in [0.15, 0.2) is 5.16 Å². The summed E-state index contributed by atoms with van der Waals surface area (Å²) in [5.41, 5.74) is 2.37. The van der Waals surface area contributed by atoms with Gasteiger partial charge in [0.05, 0.1) is 18.2 Å². The van der Waals surface area contributed by atoms with Gasteiger partial charge in [-0.2, -0.15) is 0 Å². The average Bonchev–Trinajstić information content (AvgIpc) is 3.46. The molecule has 0 unspecified atom stereocenters. The third-order valence-electron chi connectivity index (χ3n) is 6.38. The maximum absolute atomic E-state index is 13.4. The number of hydrogen-bond acceptors (Lipinski definition) is 6. The first-order chi connectivity index (χ1) is 16.1. The molecule has 0 N–H and O–H groups in total. The number of rotatable bonds is 9. The quantitative estimate of drug-likeness (QED) is 0.327. The minimum Gasteiger partial charge on any atom is -0.497 e. The average molecular weight is 484 g/mol. The predicted molar refractivity (Wildman–Crippen MR) is 133 cm³/mol. The summed E-state index contributed by atoms with van der Waals surface area (Å²) in [6.45, 7) is 3.29. The van der Waals surface area contributed by atoms with Crippen LogP contribution in [0, 0.1) is 0 Å². The molecule has 5 rings (SSSR count). The Morgan fingerprint density at radius 3 is 2.76 bits per heavy atom. The van der Waals surface area contributed by atoms with Crippen LogP contribution >= 0.6 is 23.1 Å². The van der Waals surface area contributed by atoms with Gasteiger partial charge in [-0.3, -0.25) is 14.2 Å². The zero-order chi connectivity index (χ0) is 22.9. The number of nitrogens with zero attached hydrogens (tertiary/aromatic N) is 3. The second-order valence-corrected chi connectivity index (χ2v) is 10.8. The molecule has 174 valence electrons. The molecule has 3 aromatic rings. The van der Waals surface area contributed by atoms with Crippen LogP contribution in [-0.2, 0) is 30.7 Å². The van der Waals surface area contributed by atoms with E-state index in [4.69, 9.17) is 9.72 Å². The molecule has 0 bridgehead atoms. The standard InChI is InChI=1S/C25H29N3O3S2/c1-3-13-27-24(30)22-19-5-4-6-20(19)33-23(22)26-25(27)32-15-21(29)28(17-9-10-17)14-16-7-11-18(31-2)12-8-16/h7-8,11-12,17H,3-6,9-10,13-15H2,1-2H3. The molecule has 1 amide bonds. The van der Waals surface area contributed by atoms with E-state index in [2.05, 4.69) is 6.92 Å². The molecule has 6 nitrogen and oxygen atoms in total. The number of amides is 1. The molecule has 1 aromatic carbocycles. The van der Waals surface area contributed by atoms with Gasteiger partial charge in [-0.1, -0.05) is 30.8 Å². The Hall–Kier alpha value is -2.32. The number of thiophene rings is 1. The highest BCUT2D eigenvalue weighted by Crippen LogP contribution is 2.36. The highest BCUT2D eigenvalue weighted by Gasteiger charge is 2.33. The lowest BCUT2D eigenvalue weighted by molar-refractivity contribution is -0.129. The molecule has 0 aliphatic heterocycles. The van der Waals surface area contributed by atoms with Crippen molar-refractivity contribution in [3.05, 3.63) is 50.6 Å². The molecule has 1 fully saturated rings. The summed E-state index contributed by atoms with van der Waals surface area (Å²) in [6.07, 6.45) is 6.11. The van der Waals surface area contributed by atoms with Crippen molar-refractivity contribution in [3.63, 3.8) is 0 Å². The van der Waals surface area contributed by atoms with Crippen molar-refractivity contribution in [2.45, 2.75) is 69.7 Å². The molecule has 2 aliphatic rings. The fraction of sp³-hybridized carbons (Fsp3) is 0.480. The first-order valence-electron chi connectivity index (χ1n) is 11.7. The third kappa shape index (κ3) is 4.55. The maximum atomic E-state index is 13.4. The Morgan fingerprint density at radius 1 is 1.27 bits per heavy atom. The van der Waals surface area contributed by atoms with E-state index >= 15 is 0 Å². The van der Waals surface area contributed by atoms with Gasteiger partial charge in [-0.25, -0.2) is 4.98 Å². The minimum absolute atomic E-state index is 0.0634. The summed E-state index contributed by atoms with van der Waals surface area (Å²) in [7, 11) is 1.65. The lowest BCUT2D eigenvalue weighted by Gasteiger charge is -2.23. The molecular formula is C25H29N3O3S2. The molecule has 8 heteroatoms. The van der Waals surface area contributed by atoms with Gasteiger partial charge in [0.2, 0.25) is 5.91 Å². The number of carbonyl (C=O) groups excluding carboxylic acids is 1. The summed E-state index contributed by atoms with van der Waals surface area (Å²) < 4.78 is 7.03. The van der Waals surface area contributed by atoms with Gasteiger partial charge >= 0.3 is 0 Å². The highest BCUT2D eigenvalue weighted by atomic mass is 32.2. The molecule has 2 aliphatic carbocycles. The number of fused-ring (bicyclic) bond motifs is 3. The lowest BCUT2D eigenvalue weighted by Crippen LogP contribution is -2.34. The lowest BCUT2D eigenvalue weighted by atomic mass is 10.2. The third-order valence-corrected chi connectivity index (χ3v) is 8.53. The number of benzene rings is 1. The summed E-state index contributed by atoms with van der Waals surface area (Å²) >= 11 is 3.06. The van der Waals surface area contributed by atoms with Crippen molar-refractivity contribution in [2.24, 2.45) is 0 Å². The van der Waals surface area contributed by atoms with Crippen LogP contribution in [0.3, 0.4) is 0 Å². The molecule has 0 spiro atoms. The van der Waals surface area contributed by atoms with E-state index in [0.29, 0.717) is 30.0 Å². The van der Waals surface area contributed by atoms with E-state index in [-0.39, 0.29) is 11.5 Å². The van der Waals surface area contributed by atoms with Crippen LogP contribution in [0.4, 0.5) is 0 Å². The molecule has 0 atom stereocenters. The maximum Gasteiger partial charge on any atom is 0.263 e. The Morgan fingerprint density at radius 2 is 2.06 bits per heavy atom. The smallest absolute Gasteiger partial charge is 0.263 e. The molecular weight excluding hydrogens is 454 g/mol. The summed E-state index contributed by atoms with van der Waals surface area (Å²) in [4.78, 5) is 35.6. The molecule has 2 heterocycles. The van der Waals surface area contributed by atoms with Crippen LogP contribution in [0.25, 0.3) is 10.2 Å². The number of methoxy groups -OCH3 is 1. The van der Waals surface area contributed by atoms with Crippen molar-refractivity contribution < 1.29 is 9.53 Å². The van der Waals surface area contributed by atoms with Gasteiger partial charge < -0.3 is 9.64 Å². The Labute approximate surface area is 202 Å². The van der Waals surface area contributed by atoms with Crippen molar-refractivity contribution >= 4 is 39.2 Å². The number of aromatic nitrogens is 2. The second-order valence-electron chi connectivity index (χ2n) is 8.78. The zero-order valence-corrected chi connectivity index (χ0v) is 20.8. The van der Waals surface area contributed by atoms with Crippen LogP contribution in [0.1, 0.15) is 48.6 Å². The first-order valence-corrected chi connectivity index (χ1v) is 13.5. The summed E-state index contributed by atoms with van der Waals surface area (Å²) in [5, 5.41) is 1.48. The van der Waals surface area contributed by atoms with Gasteiger partial charge in [0.25, 0.3) is 5.56 Å². The van der Waals surface area contributed by atoms with E-state index in [1.165, 1.54) is 22.2 Å². The van der Waals surface area contributed by atoms with E-state index in [1.807, 2.05) is 29.2 Å². The van der Waals surface area contributed by atoms with Crippen molar-refractivity contribution in [1.82, 2.24) is 14.5 Å². The predicted octanol–water partition coefficient (Wildman–Crippen LogP) is 4.65. The fourth-order valence-electron chi connectivity index (χ4n) is 4.53. The van der Waals surface area contributed by atoms with Crippen molar-refractivity contribution in [2.75, 3.05) is 12.9 Å². The molecule has 0 saturated heterocycles. The fourth-order valence-corrected chi connectivity index (χ4v) is 6.75. The van der Waals surface area contributed by atoms with Crippen LogP contribution < -0.4 is 10.3 Å². The van der Waals surface area contributed by atoms with E-state index < -0.39 is 0 Å². The topological polar surface area (TPSA) is 64.4 Å². The zero-order valence-electron chi connectivity index (χ0n) is 19.1. The van der Waals surface area contributed by atoms with Crippen LogP contribution in [0.2, 0.25) is 0 Å². The molecule has 0 radical (unpaired) electrons. The molecule has 1 saturated carbocycles. The Kier molecular flexibility index (Phi) is 6.47. The van der Waals surface area contributed by atoms with Gasteiger partial charge in [0, 0.05) is 24.0 Å². The van der Waals surface area contributed by atoms with E-state index in [9.17, 15) is 9.59 Å². The number of carbonyl (C=O) groups is 1. The highest BCUT2D eigenvalue weighted by molar-refractivity contribution is 7.99. The van der Waals surface area contributed by atoms with E-state index in [1.54, 1.807) is 23.0 Å². The largest absolute Gasteiger partial charge is 0.497 e. The number of aryl methyl sites for hydroxylation is 2. The Balaban J connectivity index is 1.36. The number of ether oxygens (including phenoxy) is 1. The van der Waals surface area contributed by atoms with Gasteiger partial charge in [-0.05, 0) is 61.8 Å². The normalized spacial score (nSPS) is 15.1. The van der Waals surface area contributed by atoms with Crippen LogP contribution in [0.5, 0.6) is 5.75 Å². The van der Waals surface area contributed by atoms with Crippen LogP contribution in [0.15, 0.2) is 34.2 Å². The summed E-state index contributed by atoms with van der Waals surface area (Å²) in [5.74, 6) is 1.21. The number of hydrogen-bond donors (Lipinski definition) is 0. The van der Waals surface area contributed by atoms with Crippen molar-refractivity contribution in [1.29, 1.82) is 0 Å². The van der Waals surface area contributed by atoms with E-state index in [0.717, 1.165) is 60.1 Å². The monoisotopic (exact) mass is 483 g/mol. The van der Waals surface area contributed by atoms with Gasteiger partial charge in [-0.15, -0.1) is 11.3 Å². The summed E-state index contributed by atoms with van der Waals surface area (Å²) in [6, 6.07) is 8.20. The number of thioether (sulfide) groups is 1. The SMILES string of the molecule is CCCn1c(SCC(=O)N(Cc2ccc(OC)cc2)C2CC2)nc2sc3c(c2c1=O)CCC3. The first kappa shape index (κ1) is 22.5. The Bertz CT molecular complexity index is 1230. The second kappa shape index (κ2) is 9.50. The van der Waals surface area contributed by atoms with Gasteiger partial charge in [0.1, 0.15) is 10.6 Å². The molecule has 2 aromatic heterocycles. The molecule has 33 heavy (non-hydrogen) atoms.